The molecule has 3 heterocycles. The smallest absolute Gasteiger partial charge is 0.262 e. The number of pyridine rings is 1. The number of allylic oxidation sites excluding steroid dienone is 3. The standard InChI is InChI=1S/C31H38F2N4O2S/c1-7-19(2)37-16-14-23(15-17-37)31(38)36(5)28(29(32)33)22-9-11-24(12-10-22)35-26-18-34-30-25(13-8-20(3)40-30)27(26)21(4)39-6/h8-12,18,21,23,28-29,35H,1,13-17H2,2-6H3/t21-,28-/m0/s1. The van der Waals surface area contributed by atoms with Crippen molar-refractivity contribution in [3.8, 4) is 0 Å². The number of carbonyl (C=O) groups is 1. The molecule has 2 aliphatic rings. The van der Waals surface area contributed by atoms with Crippen molar-refractivity contribution >= 4 is 29.0 Å². The van der Waals surface area contributed by atoms with Gasteiger partial charge in [-0.1, -0.05) is 36.5 Å². The topological polar surface area (TPSA) is 57.7 Å². The molecule has 1 aromatic carbocycles. The molecule has 0 unspecified atom stereocenters. The number of hydrogen-bond donors (Lipinski definition) is 1. The minimum atomic E-state index is -2.72. The summed E-state index contributed by atoms with van der Waals surface area (Å²) < 4.78 is 34.3. The van der Waals surface area contributed by atoms with Crippen molar-refractivity contribution in [2.75, 3.05) is 32.6 Å². The number of halogens is 2. The molecular weight excluding hydrogens is 530 g/mol. The molecule has 0 spiro atoms. The molecule has 1 fully saturated rings. The van der Waals surface area contributed by atoms with Crippen LogP contribution >= 0.6 is 11.8 Å². The number of benzene rings is 1. The van der Waals surface area contributed by atoms with Crippen LogP contribution in [0.15, 0.2) is 64.5 Å². The van der Waals surface area contributed by atoms with E-state index >= 15 is 0 Å². The summed E-state index contributed by atoms with van der Waals surface area (Å²) in [5, 5.41) is 4.39. The molecule has 0 bridgehead atoms. The zero-order valence-corrected chi connectivity index (χ0v) is 24.7. The van der Waals surface area contributed by atoms with Crippen molar-refractivity contribution in [2.24, 2.45) is 5.92 Å². The predicted molar refractivity (Wildman–Crippen MR) is 157 cm³/mol. The molecule has 1 saturated heterocycles. The fraction of sp³-hybridized carbons (Fsp3) is 0.452. The lowest BCUT2D eigenvalue weighted by atomic mass is 9.93. The van der Waals surface area contributed by atoms with Crippen LogP contribution in [-0.2, 0) is 16.0 Å². The zero-order valence-electron chi connectivity index (χ0n) is 23.8. The molecule has 4 rings (SSSR count). The van der Waals surface area contributed by atoms with Crippen LogP contribution in [0.25, 0.3) is 0 Å². The zero-order chi connectivity index (χ0) is 29.0. The summed E-state index contributed by atoms with van der Waals surface area (Å²) >= 11 is 1.65. The third-order valence-electron chi connectivity index (χ3n) is 7.90. The second-order valence-electron chi connectivity index (χ2n) is 10.4. The van der Waals surface area contributed by atoms with Crippen molar-refractivity contribution in [3.05, 3.63) is 76.1 Å². The molecular formula is C31H38F2N4O2S. The average Bonchev–Trinajstić information content (AvgIpc) is 2.96. The maximum absolute atomic E-state index is 14.3. The number of alkyl halides is 2. The molecule has 1 N–H and O–H groups in total. The third kappa shape index (κ3) is 6.43. The van der Waals surface area contributed by atoms with Crippen molar-refractivity contribution < 1.29 is 18.3 Å². The first-order valence-electron chi connectivity index (χ1n) is 13.6. The largest absolute Gasteiger partial charge is 0.377 e. The van der Waals surface area contributed by atoms with Gasteiger partial charge in [0, 0.05) is 44.4 Å². The number of rotatable bonds is 9. The summed E-state index contributed by atoms with van der Waals surface area (Å²) in [5.41, 5.74) is 7.95. The normalized spacial score (nSPS) is 17.0. The molecule has 0 aliphatic carbocycles. The van der Waals surface area contributed by atoms with E-state index in [1.165, 1.54) is 16.9 Å². The highest BCUT2D eigenvalue weighted by molar-refractivity contribution is 8.03. The number of amides is 1. The summed E-state index contributed by atoms with van der Waals surface area (Å²) in [7, 11) is 3.16. The van der Waals surface area contributed by atoms with Gasteiger partial charge in [-0.2, -0.15) is 0 Å². The predicted octanol–water partition coefficient (Wildman–Crippen LogP) is 7.25. The molecule has 0 radical (unpaired) electrons. The number of methoxy groups -OCH3 is 1. The third-order valence-corrected chi connectivity index (χ3v) is 8.94. The number of hydrogen-bond acceptors (Lipinski definition) is 6. The van der Waals surface area contributed by atoms with Crippen LogP contribution < -0.4 is 5.32 Å². The maximum Gasteiger partial charge on any atom is 0.262 e. The van der Waals surface area contributed by atoms with E-state index < -0.39 is 12.5 Å². The lowest BCUT2D eigenvalue weighted by Crippen LogP contribution is -2.43. The van der Waals surface area contributed by atoms with Gasteiger partial charge in [0.2, 0.25) is 5.91 Å². The number of ether oxygens (including phenoxy) is 1. The lowest BCUT2D eigenvalue weighted by molar-refractivity contribution is -0.141. The molecule has 9 heteroatoms. The Morgan fingerprint density at radius 1 is 1.27 bits per heavy atom. The highest BCUT2D eigenvalue weighted by Crippen LogP contribution is 2.41. The fourth-order valence-corrected chi connectivity index (χ4v) is 6.30. The van der Waals surface area contributed by atoms with Crippen LogP contribution in [0.4, 0.5) is 20.2 Å². The highest BCUT2D eigenvalue weighted by Gasteiger charge is 2.35. The first-order chi connectivity index (χ1) is 19.1. The number of aromatic nitrogens is 1. The van der Waals surface area contributed by atoms with Crippen LogP contribution in [0.1, 0.15) is 62.4 Å². The molecule has 2 atom stereocenters. The van der Waals surface area contributed by atoms with Gasteiger partial charge in [-0.3, -0.25) is 4.79 Å². The lowest BCUT2D eigenvalue weighted by Gasteiger charge is -2.36. The Kier molecular flexibility index (Phi) is 9.72. The Hall–Kier alpha value is -3.13. The maximum atomic E-state index is 14.3. The molecule has 1 amide bonds. The summed E-state index contributed by atoms with van der Waals surface area (Å²) in [6, 6.07) is 5.54. The van der Waals surface area contributed by atoms with Crippen LogP contribution in [0.2, 0.25) is 0 Å². The molecule has 2 aliphatic heterocycles. The summed E-state index contributed by atoms with van der Waals surface area (Å²) in [4.78, 5) is 22.5. The van der Waals surface area contributed by atoms with E-state index in [1.54, 1.807) is 49.3 Å². The Morgan fingerprint density at radius 3 is 2.55 bits per heavy atom. The highest BCUT2D eigenvalue weighted by atomic mass is 32.2. The number of piperidine rings is 1. The second kappa shape index (κ2) is 13.0. The second-order valence-corrected chi connectivity index (χ2v) is 11.6. The van der Waals surface area contributed by atoms with Crippen molar-refractivity contribution in [3.63, 3.8) is 0 Å². The molecule has 6 nitrogen and oxygen atoms in total. The van der Waals surface area contributed by atoms with Gasteiger partial charge in [0.1, 0.15) is 11.1 Å². The quantitative estimate of drug-likeness (QED) is 0.322. The van der Waals surface area contributed by atoms with Crippen LogP contribution in [0.5, 0.6) is 0 Å². The SMILES string of the molecule is C=C=C(C)N1CCC(C(=O)N(C)[C@@H](c2ccc(Nc3cnc4c(c3[C@H](C)OC)CC=C(C)S4)cc2)C(F)F)CC1. The summed E-state index contributed by atoms with van der Waals surface area (Å²) in [6.07, 6.45) is 3.12. The fourth-order valence-electron chi connectivity index (χ4n) is 5.41. The van der Waals surface area contributed by atoms with Crippen molar-refractivity contribution in [1.82, 2.24) is 14.8 Å². The molecule has 2 aromatic rings. The van der Waals surface area contributed by atoms with E-state index in [1.807, 2.05) is 13.8 Å². The summed E-state index contributed by atoms with van der Waals surface area (Å²) in [5.74, 6) is -0.525. The summed E-state index contributed by atoms with van der Waals surface area (Å²) in [6.45, 7) is 11.1. The Labute approximate surface area is 240 Å². The van der Waals surface area contributed by atoms with Gasteiger partial charge >= 0.3 is 0 Å². The van der Waals surface area contributed by atoms with Gasteiger partial charge in [-0.15, -0.1) is 5.73 Å². The molecule has 40 heavy (non-hydrogen) atoms. The Bertz CT molecular complexity index is 1300. The van der Waals surface area contributed by atoms with E-state index in [4.69, 9.17) is 4.74 Å². The van der Waals surface area contributed by atoms with Gasteiger partial charge < -0.3 is 19.9 Å². The Balaban J connectivity index is 1.50. The minimum absolute atomic E-state index is 0.155. The Morgan fingerprint density at radius 2 is 1.95 bits per heavy atom. The number of likely N-dealkylation sites (tertiary alicyclic amines) is 1. The number of nitrogens with one attached hydrogen (secondary N) is 1. The number of anilines is 2. The van der Waals surface area contributed by atoms with Gasteiger partial charge in [0.25, 0.3) is 6.43 Å². The molecule has 214 valence electrons. The number of fused-ring (bicyclic) bond motifs is 1. The first-order valence-corrected chi connectivity index (χ1v) is 14.4. The number of nitrogens with zero attached hydrogens (tertiary/aromatic N) is 3. The van der Waals surface area contributed by atoms with Crippen LogP contribution in [0, 0.1) is 5.92 Å². The number of thioether (sulfide) groups is 1. The number of carbonyl (C=O) groups excluding carboxylic acids is 1. The monoisotopic (exact) mass is 568 g/mol. The molecule has 1 aromatic heterocycles. The van der Waals surface area contributed by atoms with Crippen LogP contribution in [-0.4, -0.2) is 54.4 Å². The van der Waals surface area contributed by atoms with E-state index in [0.717, 1.165) is 39.6 Å². The van der Waals surface area contributed by atoms with E-state index in [0.29, 0.717) is 31.5 Å². The van der Waals surface area contributed by atoms with Gasteiger partial charge in [-0.05, 0) is 68.2 Å². The van der Waals surface area contributed by atoms with Gasteiger partial charge in [0.15, 0.2) is 0 Å². The van der Waals surface area contributed by atoms with Crippen molar-refractivity contribution in [1.29, 1.82) is 0 Å². The van der Waals surface area contributed by atoms with E-state index in [-0.39, 0.29) is 17.9 Å². The van der Waals surface area contributed by atoms with Gasteiger partial charge in [-0.25, -0.2) is 13.8 Å². The minimum Gasteiger partial charge on any atom is -0.377 e. The van der Waals surface area contributed by atoms with Crippen LogP contribution in [0.3, 0.4) is 0 Å². The van der Waals surface area contributed by atoms with E-state index in [2.05, 4.69) is 40.5 Å². The van der Waals surface area contributed by atoms with E-state index in [9.17, 15) is 13.6 Å². The molecule has 0 saturated carbocycles. The van der Waals surface area contributed by atoms with Gasteiger partial charge in [0.05, 0.1) is 23.7 Å². The first kappa shape index (κ1) is 29.8. The van der Waals surface area contributed by atoms with Crippen molar-refractivity contribution in [2.45, 2.75) is 63.6 Å². The average molecular weight is 569 g/mol.